The van der Waals surface area contributed by atoms with Crippen molar-refractivity contribution in [3.63, 3.8) is 0 Å². The normalized spacial score (nSPS) is 10.4. The Hall–Kier alpha value is -0.630. The molecule has 0 aliphatic heterocycles. The summed E-state index contributed by atoms with van der Waals surface area (Å²) in [5.74, 6) is -0.0775. The van der Waals surface area contributed by atoms with Crippen molar-refractivity contribution in [2.75, 3.05) is 0 Å². The van der Waals surface area contributed by atoms with Crippen LogP contribution in [0.1, 0.15) is 21.5 Å². The molecule has 92 valence electrons. The molecule has 0 spiro atoms. The van der Waals surface area contributed by atoms with E-state index in [1.54, 1.807) is 18.2 Å². The first-order valence-corrected chi connectivity index (χ1v) is 7.45. The molecule has 0 saturated carbocycles. The number of carbonyl (C=O) groups excluding carboxylic acids is 1. The van der Waals surface area contributed by atoms with Crippen LogP contribution in [0.3, 0.4) is 0 Å². The van der Waals surface area contributed by atoms with E-state index in [1.165, 1.54) is 0 Å². The Morgan fingerprint density at radius 1 is 1.17 bits per heavy atom. The van der Waals surface area contributed by atoms with Gasteiger partial charge in [-0.1, -0.05) is 30.3 Å². The van der Waals surface area contributed by atoms with Crippen molar-refractivity contribution in [2.24, 2.45) is 0 Å². The lowest BCUT2D eigenvalue weighted by Crippen LogP contribution is -2.04. The predicted molar refractivity (Wildman–Crippen MR) is 88.2 cm³/mol. The summed E-state index contributed by atoms with van der Waals surface area (Å²) in [5.41, 5.74) is 1.95. The van der Waals surface area contributed by atoms with Crippen LogP contribution < -0.4 is 0 Å². The van der Waals surface area contributed by atoms with E-state index in [2.05, 4.69) is 45.2 Å². The standard InChI is InChI=1S/C14H10I2O2/c1-8-11(15)7-10(14(18)12(8)16)13(17)9-5-3-2-4-6-9/h2-7,18H,1H3. The van der Waals surface area contributed by atoms with E-state index in [0.717, 1.165) is 12.7 Å². The molecule has 0 aliphatic rings. The summed E-state index contributed by atoms with van der Waals surface area (Å²) in [6.45, 7) is 1.93. The molecule has 2 nitrogen and oxygen atoms in total. The fourth-order valence-electron chi connectivity index (χ4n) is 1.62. The number of carbonyl (C=O) groups is 1. The molecule has 0 saturated heterocycles. The van der Waals surface area contributed by atoms with Crippen molar-refractivity contribution in [3.05, 3.63) is 60.2 Å². The Balaban J connectivity index is 2.56. The Morgan fingerprint density at radius 2 is 1.78 bits per heavy atom. The lowest BCUT2D eigenvalue weighted by Gasteiger charge is -2.10. The Morgan fingerprint density at radius 3 is 2.39 bits per heavy atom. The quantitative estimate of drug-likeness (QED) is 0.537. The van der Waals surface area contributed by atoms with Gasteiger partial charge in [-0.3, -0.25) is 4.79 Å². The zero-order valence-corrected chi connectivity index (χ0v) is 13.9. The minimum atomic E-state index is -0.149. The van der Waals surface area contributed by atoms with E-state index in [1.807, 2.05) is 25.1 Å². The van der Waals surface area contributed by atoms with Crippen molar-refractivity contribution in [1.29, 1.82) is 0 Å². The van der Waals surface area contributed by atoms with E-state index < -0.39 is 0 Å². The molecular formula is C14H10I2O2. The second kappa shape index (κ2) is 5.56. The van der Waals surface area contributed by atoms with Gasteiger partial charge in [0.25, 0.3) is 0 Å². The zero-order chi connectivity index (χ0) is 13.3. The van der Waals surface area contributed by atoms with Crippen LogP contribution in [-0.4, -0.2) is 10.9 Å². The highest BCUT2D eigenvalue weighted by Crippen LogP contribution is 2.32. The van der Waals surface area contributed by atoms with Gasteiger partial charge in [0.05, 0.1) is 9.13 Å². The molecule has 0 radical (unpaired) electrons. The van der Waals surface area contributed by atoms with Crippen LogP contribution in [0, 0.1) is 14.1 Å². The number of hydrogen-bond acceptors (Lipinski definition) is 2. The van der Waals surface area contributed by atoms with Crippen LogP contribution in [0.25, 0.3) is 0 Å². The average molecular weight is 464 g/mol. The average Bonchev–Trinajstić information content (AvgIpc) is 2.41. The summed E-state index contributed by atoms with van der Waals surface area (Å²) >= 11 is 4.24. The summed E-state index contributed by atoms with van der Waals surface area (Å²) < 4.78 is 1.72. The number of benzene rings is 2. The van der Waals surface area contributed by atoms with Crippen LogP contribution in [0.15, 0.2) is 36.4 Å². The van der Waals surface area contributed by atoms with Gasteiger partial charge in [-0.25, -0.2) is 0 Å². The molecule has 0 amide bonds. The highest BCUT2D eigenvalue weighted by atomic mass is 127. The minimum Gasteiger partial charge on any atom is -0.506 e. The van der Waals surface area contributed by atoms with Gasteiger partial charge in [-0.05, 0) is 63.7 Å². The number of aromatic hydroxyl groups is 1. The van der Waals surface area contributed by atoms with E-state index >= 15 is 0 Å². The van der Waals surface area contributed by atoms with E-state index in [4.69, 9.17) is 0 Å². The molecule has 2 aromatic carbocycles. The second-order valence-electron chi connectivity index (χ2n) is 3.89. The summed E-state index contributed by atoms with van der Waals surface area (Å²) in [5, 5.41) is 10.1. The van der Waals surface area contributed by atoms with Gasteiger partial charge >= 0.3 is 0 Å². The number of rotatable bonds is 2. The zero-order valence-electron chi connectivity index (χ0n) is 9.58. The molecule has 0 atom stereocenters. The van der Waals surface area contributed by atoms with Gasteiger partial charge in [0, 0.05) is 9.13 Å². The Bertz CT molecular complexity index is 607. The topological polar surface area (TPSA) is 37.3 Å². The fourth-order valence-corrected chi connectivity index (χ4v) is 3.30. The molecule has 0 aliphatic carbocycles. The summed E-state index contributed by atoms with van der Waals surface area (Å²) in [6.07, 6.45) is 0. The number of ketones is 1. The number of hydrogen-bond donors (Lipinski definition) is 1. The molecular weight excluding hydrogens is 454 g/mol. The molecule has 0 aromatic heterocycles. The summed E-state index contributed by atoms with van der Waals surface area (Å²) in [7, 11) is 0. The highest BCUT2D eigenvalue weighted by molar-refractivity contribution is 14.1. The number of halogens is 2. The first kappa shape index (κ1) is 13.8. The third-order valence-electron chi connectivity index (χ3n) is 2.70. The van der Waals surface area contributed by atoms with Crippen LogP contribution in [0.2, 0.25) is 0 Å². The van der Waals surface area contributed by atoms with Crippen molar-refractivity contribution in [3.8, 4) is 5.75 Å². The Labute approximate surface area is 133 Å². The molecule has 0 heterocycles. The van der Waals surface area contributed by atoms with Crippen LogP contribution >= 0.6 is 45.2 Å². The van der Waals surface area contributed by atoms with Crippen LogP contribution in [0.5, 0.6) is 5.75 Å². The molecule has 0 bridgehead atoms. The van der Waals surface area contributed by atoms with Gasteiger partial charge in [0.1, 0.15) is 5.75 Å². The smallest absolute Gasteiger partial charge is 0.196 e. The van der Waals surface area contributed by atoms with Crippen molar-refractivity contribution in [1.82, 2.24) is 0 Å². The first-order chi connectivity index (χ1) is 8.52. The van der Waals surface area contributed by atoms with Crippen LogP contribution in [-0.2, 0) is 0 Å². The minimum absolute atomic E-state index is 0.0716. The van der Waals surface area contributed by atoms with Crippen molar-refractivity contribution in [2.45, 2.75) is 6.92 Å². The van der Waals surface area contributed by atoms with E-state index in [-0.39, 0.29) is 11.5 Å². The van der Waals surface area contributed by atoms with E-state index in [0.29, 0.717) is 11.1 Å². The fraction of sp³-hybridized carbons (Fsp3) is 0.0714. The maximum absolute atomic E-state index is 12.3. The van der Waals surface area contributed by atoms with Gasteiger partial charge in [0.2, 0.25) is 0 Å². The number of phenolic OH excluding ortho intramolecular Hbond substituents is 1. The first-order valence-electron chi connectivity index (χ1n) is 5.29. The van der Waals surface area contributed by atoms with Crippen LogP contribution in [0.4, 0.5) is 0 Å². The molecule has 2 rings (SSSR count). The molecule has 4 heteroatoms. The molecule has 1 N–H and O–H groups in total. The molecule has 0 unspecified atom stereocenters. The van der Waals surface area contributed by atoms with Crippen molar-refractivity contribution >= 4 is 51.0 Å². The van der Waals surface area contributed by atoms with Gasteiger partial charge < -0.3 is 5.11 Å². The lowest BCUT2D eigenvalue weighted by atomic mass is 10.0. The summed E-state index contributed by atoms with van der Waals surface area (Å²) in [6, 6.07) is 10.7. The largest absolute Gasteiger partial charge is 0.506 e. The monoisotopic (exact) mass is 464 g/mol. The van der Waals surface area contributed by atoms with Gasteiger partial charge in [-0.2, -0.15) is 0 Å². The summed E-state index contributed by atoms with van der Waals surface area (Å²) in [4.78, 5) is 12.3. The highest BCUT2D eigenvalue weighted by Gasteiger charge is 2.18. The van der Waals surface area contributed by atoms with Gasteiger partial charge in [-0.15, -0.1) is 0 Å². The predicted octanol–water partition coefficient (Wildman–Crippen LogP) is 4.14. The number of phenols is 1. The molecule has 0 fully saturated rings. The molecule has 18 heavy (non-hydrogen) atoms. The third-order valence-corrected chi connectivity index (χ3v) is 5.14. The van der Waals surface area contributed by atoms with Crippen molar-refractivity contribution < 1.29 is 9.90 Å². The third kappa shape index (κ3) is 2.54. The molecule has 2 aromatic rings. The SMILES string of the molecule is Cc1c(I)cc(C(=O)c2ccccc2)c(O)c1I. The lowest BCUT2D eigenvalue weighted by molar-refractivity contribution is 0.103. The van der Waals surface area contributed by atoms with Gasteiger partial charge in [0.15, 0.2) is 5.78 Å². The van der Waals surface area contributed by atoms with E-state index in [9.17, 15) is 9.90 Å². The Kier molecular flexibility index (Phi) is 4.26. The second-order valence-corrected chi connectivity index (χ2v) is 6.13. The maximum Gasteiger partial charge on any atom is 0.196 e. The maximum atomic E-state index is 12.3.